The Balaban J connectivity index is 2.12. The minimum atomic E-state index is -4.61. The molecule has 0 atom stereocenters. The van der Waals surface area contributed by atoms with Crippen molar-refractivity contribution in [2.75, 3.05) is 5.32 Å². The lowest BCUT2D eigenvalue weighted by molar-refractivity contribution is -0.138. The third kappa shape index (κ3) is 4.52. The first-order chi connectivity index (χ1) is 10.7. The second-order valence-electron chi connectivity index (χ2n) is 4.54. The number of nitrogens with one attached hydrogen (secondary N) is 1. The summed E-state index contributed by atoms with van der Waals surface area (Å²) in [7, 11) is 0. The summed E-state index contributed by atoms with van der Waals surface area (Å²) in [5, 5.41) is 7.12. The number of hydrogen-bond acceptors (Lipinski definition) is 6. The molecular formula is C12H10ClF3N4O2S. The molecule has 0 aliphatic carbocycles. The first-order valence-corrected chi connectivity index (χ1v) is 7.40. The normalized spacial score (nSPS) is 11.6. The maximum Gasteiger partial charge on any atom is 0.445 e. The van der Waals surface area contributed by atoms with Crippen molar-refractivity contribution in [3.63, 3.8) is 0 Å². The molecule has 0 fully saturated rings. The quantitative estimate of drug-likeness (QED) is 0.893. The molecule has 0 saturated carbocycles. The highest BCUT2D eigenvalue weighted by Crippen LogP contribution is 2.33. The van der Waals surface area contributed by atoms with Gasteiger partial charge in [0.2, 0.25) is 16.0 Å². The van der Waals surface area contributed by atoms with E-state index in [1.54, 1.807) is 13.8 Å². The number of alkyl halides is 3. The van der Waals surface area contributed by atoms with Crippen LogP contribution in [-0.4, -0.2) is 27.2 Å². The van der Waals surface area contributed by atoms with E-state index in [0.29, 0.717) is 0 Å². The van der Waals surface area contributed by atoms with Crippen LogP contribution in [0.3, 0.4) is 0 Å². The maximum atomic E-state index is 12.4. The lowest BCUT2D eigenvalue weighted by Crippen LogP contribution is -2.13. The summed E-state index contributed by atoms with van der Waals surface area (Å²) in [5.74, 6) is -0.547. The first kappa shape index (κ1) is 17.4. The Bertz CT molecular complexity index is 721. The molecule has 0 aliphatic heterocycles. The van der Waals surface area contributed by atoms with Crippen molar-refractivity contribution < 1.29 is 22.7 Å². The van der Waals surface area contributed by atoms with Gasteiger partial charge in [0.05, 0.1) is 11.7 Å². The van der Waals surface area contributed by atoms with Gasteiger partial charge in [0, 0.05) is 6.20 Å². The van der Waals surface area contributed by atoms with Crippen LogP contribution in [-0.2, 0) is 6.18 Å². The highest BCUT2D eigenvalue weighted by atomic mass is 35.5. The number of carbonyl (C=O) groups is 1. The van der Waals surface area contributed by atoms with Gasteiger partial charge in [0.1, 0.15) is 5.02 Å². The minimum Gasteiger partial charge on any atom is -0.474 e. The van der Waals surface area contributed by atoms with Gasteiger partial charge in [-0.15, -0.1) is 10.2 Å². The van der Waals surface area contributed by atoms with E-state index in [4.69, 9.17) is 16.3 Å². The number of aromatic nitrogens is 3. The lowest BCUT2D eigenvalue weighted by atomic mass is 10.2. The summed E-state index contributed by atoms with van der Waals surface area (Å²) in [6, 6.07) is 1.30. The molecule has 0 bridgehead atoms. The fourth-order valence-corrected chi connectivity index (χ4v) is 2.23. The summed E-state index contributed by atoms with van der Waals surface area (Å²) >= 11 is 6.16. The standard InChI is InChI=1S/C12H10ClF3N4O2S/c1-5(2)22-9-7(13)3-6(4-17-9)8(21)18-11-20-19-10(23-11)12(14,15)16/h3-5H,1-2H3,(H,18,20,21). The first-order valence-electron chi connectivity index (χ1n) is 6.21. The van der Waals surface area contributed by atoms with Crippen LogP contribution in [0.25, 0.3) is 0 Å². The third-order valence-electron chi connectivity index (χ3n) is 2.30. The molecule has 2 heterocycles. The number of nitrogens with zero attached hydrogens (tertiary/aromatic N) is 3. The van der Waals surface area contributed by atoms with Gasteiger partial charge in [-0.2, -0.15) is 13.2 Å². The van der Waals surface area contributed by atoms with E-state index in [-0.39, 0.29) is 39.0 Å². The molecule has 2 aromatic heterocycles. The Labute approximate surface area is 137 Å². The topological polar surface area (TPSA) is 77.0 Å². The zero-order valence-corrected chi connectivity index (χ0v) is 13.4. The Morgan fingerprint density at radius 3 is 2.61 bits per heavy atom. The van der Waals surface area contributed by atoms with Gasteiger partial charge >= 0.3 is 6.18 Å². The molecule has 0 spiro atoms. The molecule has 0 saturated heterocycles. The molecule has 2 rings (SSSR count). The van der Waals surface area contributed by atoms with Crippen LogP contribution in [0.1, 0.15) is 29.2 Å². The molecule has 23 heavy (non-hydrogen) atoms. The molecule has 1 N–H and O–H groups in total. The molecule has 0 unspecified atom stereocenters. The van der Waals surface area contributed by atoms with Crippen LogP contribution in [0.5, 0.6) is 5.88 Å². The van der Waals surface area contributed by atoms with E-state index in [1.165, 1.54) is 12.3 Å². The fraction of sp³-hybridized carbons (Fsp3) is 0.333. The molecule has 0 radical (unpaired) electrons. The van der Waals surface area contributed by atoms with Crippen molar-refractivity contribution >= 4 is 34.0 Å². The largest absolute Gasteiger partial charge is 0.474 e. The Morgan fingerprint density at radius 1 is 1.39 bits per heavy atom. The third-order valence-corrected chi connectivity index (χ3v) is 3.46. The van der Waals surface area contributed by atoms with E-state index in [0.717, 1.165) is 0 Å². The zero-order valence-electron chi connectivity index (χ0n) is 11.8. The van der Waals surface area contributed by atoms with Crippen molar-refractivity contribution in [3.05, 3.63) is 27.9 Å². The average Bonchev–Trinajstić information content (AvgIpc) is 2.89. The number of carbonyl (C=O) groups excluding carboxylic acids is 1. The number of hydrogen-bond donors (Lipinski definition) is 1. The van der Waals surface area contributed by atoms with Crippen LogP contribution in [0.4, 0.5) is 18.3 Å². The monoisotopic (exact) mass is 366 g/mol. The molecule has 2 aromatic rings. The van der Waals surface area contributed by atoms with Crippen molar-refractivity contribution in [3.8, 4) is 5.88 Å². The second-order valence-corrected chi connectivity index (χ2v) is 5.93. The van der Waals surface area contributed by atoms with Crippen LogP contribution in [0.15, 0.2) is 12.3 Å². The molecule has 11 heteroatoms. The van der Waals surface area contributed by atoms with Gasteiger partial charge in [-0.1, -0.05) is 22.9 Å². The van der Waals surface area contributed by atoms with Gasteiger partial charge in [0.25, 0.3) is 5.91 Å². The second kappa shape index (κ2) is 6.67. The van der Waals surface area contributed by atoms with Crippen molar-refractivity contribution in [2.45, 2.75) is 26.1 Å². The highest BCUT2D eigenvalue weighted by Gasteiger charge is 2.35. The number of amides is 1. The number of pyridine rings is 1. The van der Waals surface area contributed by atoms with E-state index < -0.39 is 17.1 Å². The smallest absolute Gasteiger partial charge is 0.445 e. The molecule has 124 valence electrons. The highest BCUT2D eigenvalue weighted by molar-refractivity contribution is 7.15. The minimum absolute atomic E-state index is 0.0508. The molecule has 0 aromatic carbocycles. The molecular weight excluding hydrogens is 357 g/mol. The summed E-state index contributed by atoms with van der Waals surface area (Å²) in [6.45, 7) is 3.57. The predicted molar refractivity (Wildman–Crippen MR) is 77.9 cm³/mol. The van der Waals surface area contributed by atoms with Gasteiger partial charge < -0.3 is 4.74 Å². The van der Waals surface area contributed by atoms with E-state index in [1.807, 2.05) is 0 Å². The summed E-state index contributed by atoms with van der Waals surface area (Å²) in [5.41, 5.74) is 0.0508. The number of rotatable bonds is 4. The summed E-state index contributed by atoms with van der Waals surface area (Å²) < 4.78 is 42.6. The van der Waals surface area contributed by atoms with Gasteiger partial charge in [-0.25, -0.2) is 4.98 Å². The van der Waals surface area contributed by atoms with Crippen molar-refractivity contribution in [2.24, 2.45) is 0 Å². The van der Waals surface area contributed by atoms with Crippen molar-refractivity contribution in [1.29, 1.82) is 0 Å². The summed E-state index contributed by atoms with van der Waals surface area (Å²) in [6.07, 6.45) is -3.56. The molecule has 6 nitrogen and oxygen atoms in total. The number of anilines is 1. The maximum absolute atomic E-state index is 12.4. The average molecular weight is 367 g/mol. The predicted octanol–water partition coefficient (Wildman–Crippen LogP) is 3.64. The van der Waals surface area contributed by atoms with E-state index in [9.17, 15) is 18.0 Å². The zero-order chi connectivity index (χ0) is 17.2. The van der Waals surface area contributed by atoms with Crippen molar-refractivity contribution in [1.82, 2.24) is 15.2 Å². The SMILES string of the molecule is CC(C)Oc1ncc(C(=O)Nc2nnc(C(F)(F)F)s2)cc1Cl. The van der Waals surface area contributed by atoms with E-state index >= 15 is 0 Å². The Hall–Kier alpha value is -1.94. The Morgan fingerprint density at radius 2 is 2.09 bits per heavy atom. The van der Waals surface area contributed by atoms with Crippen LogP contribution in [0.2, 0.25) is 5.02 Å². The number of halogens is 4. The number of ether oxygens (including phenoxy) is 1. The van der Waals surface area contributed by atoms with Crippen LogP contribution in [0, 0.1) is 0 Å². The summed E-state index contributed by atoms with van der Waals surface area (Å²) in [4.78, 5) is 15.9. The molecule has 1 amide bonds. The van der Waals surface area contributed by atoms with Gasteiger partial charge in [-0.05, 0) is 19.9 Å². The van der Waals surface area contributed by atoms with Crippen LogP contribution >= 0.6 is 22.9 Å². The fourth-order valence-electron chi connectivity index (χ4n) is 1.42. The van der Waals surface area contributed by atoms with E-state index in [2.05, 4.69) is 20.5 Å². The lowest BCUT2D eigenvalue weighted by Gasteiger charge is -2.10. The Kier molecular flexibility index (Phi) is 5.05. The van der Waals surface area contributed by atoms with Gasteiger partial charge in [0.15, 0.2) is 0 Å². The van der Waals surface area contributed by atoms with Crippen LogP contribution < -0.4 is 10.1 Å². The molecule has 0 aliphatic rings. The van der Waals surface area contributed by atoms with Gasteiger partial charge in [-0.3, -0.25) is 10.1 Å².